The van der Waals surface area contributed by atoms with Gasteiger partial charge in [-0.25, -0.2) is 0 Å². The van der Waals surface area contributed by atoms with Crippen LogP contribution in [0.4, 0.5) is 0 Å². The van der Waals surface area contributed by atoms with Crippen LogP contribution in [0.5, 0.6) is 0 Å². The van der Waals surface area contributed by atoms with Gasteiger partial charge in [0, 0.05) is 16.6 Å². The highest BCUT2D eigenvalue weighted by Crippen LogP contribution is 2.28. The number of benzene rings is 2. The minimum absolute atomic E-state index is 0.101. The van der Waals surface area contributed by atoms with E-state index in [2.05, 4.69) is 41.1 Å². The van der Waals surface area contributed by atoms with Gasteiger partial charge in [0.05, 0.1) is 6.04 Å². The summed E-state index contributed by atoms with van der Waals surface area (Å²) in [4.78, 5) is 14.6. The Labute approximate surface area is 127 Å². The van der Waals surface area contributed by atoms with Crippen molar-refractivity contribution in [2.24, 2.45) is 0 Å². The number of fused-ring (bicyclic) bond motifs is 1. The number of hydrogen-bond donors (Lipinski definition) is 0. The van der Waals surface area contributed by atoms with Gasteiger partial charge in [-0.3, -0.25) is 4.79 Å². The summed E-state index contributed by atoms with van der Waals surface area (Å²) in [6.07, 6.45) is 0.933. The third kappa shape index (κ3) is 2.38. The summed E-state index contributed by atoms with van der Waals surface area (Å²) in [5.74, 6) is 0.141. The van der Waals surface area contributed by atoms with E-state index in [1.54, 1.807) is 0 Å². The lowest BCUT2D eigenvalue weighted by atomic mass is 9.96. The molecular weight excluding hydrogens is 314 g/mol. The van der Waals surface area contributed by atoms with Crippen LogP contribution in [0.2, 0.25) is 0 Å². The lowest BCUT2D eigenvalue weighted by Gasteiger charge is -2.34. The average Bonchev–Trinajstić information content (AvgIpc) is 2.48. The molecule has 2 aromatic carbocycles. The van der Waals surface area contributed by atoms with Gasteiger partial charge in [-0.05, 0) is 42.7 Å². The van der Waals surface area contributed by atoms with Crippen molar-refractivity contribution in [2.45, 2.75) is 19.4 Å². The zero-order valence-corrected chi connectivity index (χ0v) is 12.9. The molecule has 1 amide bonds. The molecule has 0 aromatic heterocycles. The number of carbonyl (C=O) groups excluding carboxylic acids is 1. The van der Waals surface area contributed by atoms with E-state index in [1.807, 2.05) is 35.2 Å². The van der Waals surface area contributed by atoms with E-state index < -0.39 is 0 Å². The molecule has 2 aromatic rings. The van der Waals surface area contributed by atoms with Gasteiger partial charge >= 0.3 is 0 Å². The largest absolute Gasteiger partial charge is 0.332 e. The molecule has 0 spiro atoms. The molecule has 0 radical (unpaired) electrons. The summed E-state index contributed by atoms with van der Waals surface area (Å²) in [6.45, 7) is 2.88. The van der Waals surface area contributed by atoms with Gasteiger partial charge in [0.2, 0.25) is 0 Å². The molecule has 3 heteroatoms. The number of halogens is 1. The average molecular weight is 330 g/mol. The van der Waals surface area contributed by atoms with Crippen LogP contribution in [0.15, 0.2) is 53.0 Å². The highest BCUT2D eigenvalue weighted by molar-refractivity contribution is 9.10. The van der Waals surface area contributed by atoms with Crippen molar-refractivity contribution in [1.29, 1.82) is 0 Å². The smallest absolute Gasteiger partial charge is 0.254 e. The molecule has 1 aliphatic rings. The van der Waals surface area contributed by atoms with E-state index in [9.17, 15) is 4.79 Å². The second-order valence-electron chi connectivity index (χ2n) is 5.13. The Bertz CT molecular complexity index is 636. The minimum atomic E-state index is 0.101. The monoisotopic (exact) mass is 329 g/mol. The van der Waals surface area contributed by atoms with Gasteiger partial charge in [-0.2, -0.15) is 0 Å². The van der Waals surface area contributed by atoms with Gasteiger partial charge in [-0.15, -0.1) is 0 Å². The van der Waals surface area contributed by atoms with Crippen LogP contribution in [0, 0.1) is 0 Å². The Balaban J connectivity index is 1.89. The quantitative estimate of drug-likeness (QED) is 0.808. The van der Waals surface area contributed by atoms with Crippen molar-refractivity contribution in [3.8, 4) is 0 Å². The van der Waals surface area contributed by atoms with Crippen LogP contribution >= 0.6 is 15.9 Å². The summed E-state index contributed by atoms with van der Waals surface area (Å²) in [6, 6.07) is 16.2. The second-order valence-corrected chi connectivity index (χ2v) is 6.05. The van der Waals surface area contributed by atoms with Gasteiger partial charge in [0.25, 0.3) is 5.91 Å². The number of amides is 1. The number of carbonyl (C=O) groups is 1. The van der Waals surface area contributed by atoms with E-state index in [-0.39, 0.29) is 11.9 Å². The first kappa shape index (κ1) is 13.4. The molecule has 1 unspecified atom stereocenters. The molecule has 0 aliphatic carbocycles. The van der Waals surface area contributed by atoms with Crippen molar-refractivity contribution >= 4 is 21.8 Å². The maximum absolute atomic E-state index is 12.6. The Morgan fingerprint density at radius 3 is 2.55 bits per heavy atom. The summed E-state index contributed by atoms with van der Waals surface area (Å²) >= 11 is 3.44. The van der Waals surface area contributed by atoms with Gasteiger partial charge in [0.15, 0.2) is 0 Å². The number of hydrogen-bond acceptors (Lipinski definition) is 1. The number of rotatable bonds is 2. The van der Waals surface area contributed by atoms with E-state index in [4.69, 9.17) is 0 Å². The molecule has 1 aliphatic heterocycles. The molecule has 3 rings (SSSR count). The summed E-state index contributed by atoms with van der Waals surface area (Å²) < 4.78 is 1.06. The van der Waals surface area contributed by atoms with E-state index in [0.717, 1.165) is 28.6 Å². The van der Waals surface area contributed by atoms with Crippen molar-refractivity contribution in [3.05, 3.63) is 69.7 Å². The fourth-order valence-corrected chi connectivity index (χ4v) is 3.00. The lowest BCUT2D eigenvalue weighted by molar-refractivity contribution is 0.0673. The summed E-state index contributed by atoms with van der Waals surface area (Å²) in [5, 5.41) is 0. The van der Waals surface area contributed by atoms with Crippen LogP contribution in [-0.4, -0.2) is 17.4 Å². The molecule has 2 nitrogen and oxygen atoms in total. The molecule has 1 atom stereocenters. The van der Waals surface area contributed by atoms with E-state index in [0.29, 0.717) is 0 Å². The SMILES string of the molecule is CC(c1ccc(Br)cc1)N1CCc2ccccc2C1=O. The van der Waals surface area contributed by atoms with Crippen LogP contribution in [0.3, 0.4) is 0 Å². The molecule has 0 fully saturated rings. The maximum atomic E-state index is 12.6. The topological polar surface area (TPSA) is 20.3 Å². The van der Waals surface area contributed by atoms with Gasteiger partial charge < -0.3 is 4.90 Å². The third-order valence-corrected chi connectivity index (χ3v) is 4.48. The zero-order chi connectivity index (χ0) is 14.1. The first-order valence-corrected chi connectivity index (χ1v) is 7.60. The van der Waals surface area contributed by atoms with Crippen LogP contribution < -0.4 is 0 Å². The normalized spacial score (nSPS) is 15.9. The molecule has 0 saturated heterocycles. The van der Waals surface area contributed by atoms with Crippen molar-refractivity contribution in [3.63, 3.8) is 0 Å². The predicted octanol–water partition coefficient (Wildman–Crippen LogP) is 4.21. The molecule has 0 N–H and O–H groups in total. The van der Waals surface area contributed by atoms with Crippen LogP contribution in [0.25, 0.3) is 0 Å². The molecule has 1 heterocycles. The van der Waals surface area contributed by atoms with E-state index in [1.165, 1.54) is 5.56 Å². The minimum Gasteiger partial charge on any atom is -0.332 e. The molecular formula is C17H16BrNO. The zero-order valence-electron chi connectivity index (χ0n) is 11.3. The first-order chi connectivity index (χ1) is 9.66. The first-order valence-electron chi connectivity index (χ1n) is 6.81. The van der Waals surface area contributed by atoms with Crippen molar-refractivity contribution in [1.82, 2.24) is 4.90 Å². The summed E-state index contributed by atoms with van der Waals surface area (Å²) in [7, 11) is 0. The molecule has 20 heavy (non-hydrogen) atoms. The van der Waals surface area contributed by atoms with Gasteiger partial charge in [0.1, 0.15) is 0 Å². The predicted molar refractivity (Wildman–Crippen MR) is 83.7 cm³/mol. The molecule has 0 saturated carbocycles. The molecule has 102 valence electrons. The maximum Gasteiger partial charge on any atom is 0.254 e. The van der Waals surface area contributed by atoms with E-state index >= 15 is 0 Å². The van der Waals surface area contributed by atoms with Crippen molar-refractivity contribution in [2.75, 3.05) is 6.54 Å². The fourth-order valence-electron chi connectivity index (χ4n) is 2.73. The summed E-state index contributed by atoms with van der Waals surface area (Å²) in [5.41, 5.74) is 3.18. The van der Waals surface area contributed by atoms with Crippen LogP contribution in [-0.2, 0) is 6.42 Å². The van der Waals surface area contributed by atoms with Crippen LogP contribution in [0.1, 0.15) is 34.5 Å². The lowest BCUT2D eigenvalue weighted by Crippen LogP contribution is -2.39. The fraction of sp³-hybridized carbons (Fsp3) is 0.235. The highest BCUT2D eigenvalue weighted by Gasteiger charge is 2.28. The van der Waals surface area contributed by atoms with Crippen molar-refractivity contribution < 1.29 is 4.79 Å². The number of nitrogens with zero attached hydrogens (tertiary/aromatic N) is 1. The Hall–Kier alpha value is -1.61. The Morgan fingerprint density at radius 2 is 1.80 bits per heavy atom. The van der Waals surface area contributed by atoms with Gasteiger partial charge in [-0.1, -0.05) is 46.3 Å². The Morgan fingerprint density at radius 1 is 1.10 bits per heavy atom. The molecule has 0 bridgehead atoms. The Kier molecular flexibility index (Phi) is 3.62. The second kappa shape index (κ2) is 5.41. The highest BCUT2D eigenvalue weighted by atomic mass is 79.9. The third-order valence-electron chi connectivity index (χ3n) is 3.95. The standard InChI is InChI=1S/C17H16BrNO/c1-12(13-6-8-15(18)9-7-13)19-11-10-14-4-2-3-5-16(14)17(19)20/h2-9,12H,10-11H2,1H3.